The number of benzene rings is 4. The maximum Gasteiger partial charge on any atom is 0.403 e. The number of hydrogen-bond donors (Lipinski definition) is 1. The molecule has 5 rings (SSSR count). The number of ketones is 1. The van der Waals surface area contributed by atoms with E-state index in [0.29, 0.717) is 21.5 Å². The summed E-state index contributed by atoms with van der Waals surface area (Å²) in [6.45, 7) is 9.95. The third-order valence-corrected chi connectivity index (χ3v) is 8.40. The zero-order chi connectivity index (χ0) is 32.9. The number of aliphatic hydroxyl groups excluding tert-OH is 1. The molecule has 0 saturated carbocycles. The predicted octanol–water partition coefficient (Wildman–Crippen LogP) is 11.3. The average molecular weight is 809 g/mol. The molecule has 5 aromatic rings. The number of pyridine rings is 1. The van der Waals surface area contributed by atoms with E-state index in [0.717, 1.165) is 42.7 Å². The molecule has 8 heteroatoms. The van der Waals surface area contributed by atoms with E-state index in [4.69, 9.17) is 0 Å². The molecule has 3 nitrogen and oxygen atoms in total. The fraction of sp³-hybridized carbons (Fsp3) is 0.316. The van der Waals surface area contributed by atoms with Crippen molar-refractivity contribution in [2.24, 2.45) is 11.8 Å². The SMILES string of the molecule is CCC(CC)C(=O)/C=C(\O)C(CC)CC.Cc1ccc2c(c1)c(F)cc1c(-c3[c-]c4ccccc4c(C(F)(F)F)c3)nccc12.[Ir]. The van der Waals surface area contributed by atoms with Gasteiger partial charge in [-0.25, -0.2) is 4.39 Å². The Morgan fingerprint density at radius 3 is 2.11 bits per heavy atom. The minimum Gasteiger partial charge on any atom is -0.512 e. The first-order valence-electron chi connectivity index (χ1n) is 15.4. The molecule has 0 saturated heterocycles. The molecule has 1 heterocycles. The Balaban J connectivity index is 0.000000309. The zero-order valence-corrected chi connectivity index (χ0v) is 29.0. The minimum absolute atomic E-state index is 0. The number of aromatic nitrogens is 1. The van der Waals surface area contributed by atoms with Crippen LogP contribution in [0.4, 0.5) is 17.6 Å². The van der Waals surface area contributed by atoms with Gasteiger partial charge in [0.2, 0.25) is 0 Å². The van der Waals surface area contributed by atoms with Crippen molar-refractivity contribution in [1.29, 1.82) is 0 Å². The molecular formula is C38H38F4IrNO2-. The first kappa shape index (κ1) is 36.9. The van der Waals surface area contributed by atoms with Gasteiger partial charge in [0.25, 0.3) is 0 Å². The van der Waals surface area contributed by atoms with E-state index in [1.165, 1.54) is 24.4 Å². The Morgan fingerprint density at radius 1 is 0.848 bits per heavy atom. The van der Waals surface area contributed by atoms with Crippen molar-refractivity contribution in [2.45, 2.75) is 66.5 Å². The van der Waals surface area contributed by atoms with Crippen LogP contribution >= 0.6 is 0 Å². The van der Waals surface area contributed by atoms with Gasteiger partial charge < -0.3 is 5.11 Å². The van der Waals surface area contributed by atoms with Crippen molar-refractivity contribution in [3.05, 3.63) is 102 Å². The Kier molecular flexibility index (Phi) is 12.7. The van der Waals surface area contributed by atoms with Gasteiger partial charge in [0.15, 0.2) is 5.78 Å². The molecule has 0 unspecified atom stereocenters. The van der Waals surface area contributed by atoms with E-state index in [1.54, 1.807) is 30.3 Å². The van der Waals surface area contributed by atoms with Crippen LogP contribution in [0.2, 0.25) is 0 Å². The normalized spacial score (nSPS) is 12.0. The van der Waals surface area contributed by atoms with E-state index < -0.39 is 17.6 Å². The quantitative estimate of drug-likeness (QED) is 0.0558. The Morgan fingerprint density at radius 2 is 1.48 bits per heavy atom. The number of carbonyl (C=O) groups excluding carboxylic acids is 1. The fourth-order valence-corrected chi connectivity index (χ4v) is 5.74. The van der Waals surface area contributed by atoms with Gasteiger partial charge in [0.05, 0.1) is 5.76 Å². The van der Waals surface area contributed by atoms with Crippen molar-refractivity contribution in [3.63, 3.8) is 0 Å². The van der Waals surface area contributed by atoms with Crippen molar-refractivity contribution in [3.8, 4) is 11.3 Å². The van der Waals surface area contributed by atoms with Gasteiger partial charge >= 0.3 is 6.18 Å². The molecular weight excluding hydrogens is 771 g/mol. The van der Waals surface area contributed by atoms with Crippen LogP contribution in [0.15, 0.2) is 78.7 Å². The number of nitrogens with zero attached hydrogens (tertiary/aromatic N) is 1. The maximum atomic E-state index is 14.9. The van der Waals surface area contributed by atoms with Gasteiger partial charge in [0.1, 0.15) is 5.82 Å². The summed E-state index contributed by atoms with van der Waals surface area (Å²) in [6.07, 6.45) is 1.90. The van der Waals surface area contributed by atoms with Crippen LogP contribution in [0, 0.1) is 30.6 Å². The number of carbonyl (C=O) groups is 1. The van der Waals surface area contributed by atoms with Crippen LogP contribution in [0.5, 0.6) is 0 Å². The van der Waals surface area contributed by atoms with Crippen molar-refractivity contribution < 1.29 is 47.6 Å². The molecule has 4 aromatic carbocycles. The Bertz CT molecular complexity index is 1860. The molecule has 0 aliphatic carbocycles. The van der Waals surface area contributed by atoms with Crippen LogP contribution in [0.3, 0.4) is 0 Å². The van der Waals surface area contributed by atoms with Crippen LogP contribution in [0.1, 0.15) is 64.5 Å². The third kappa shape index (κ3) is 8.02. The number of alkyl halides is 3. The number of rotatable bonds is 8. The van der Waals surface area contributed by atoms with Crippen LogP contribution in [0.25, 0.3) is 43.6 Å². The van der Waals surface area contributed by atoms with E-state index in [9.17, 15) is 27.5 Å². The topological polar surface area (TPSA) is 50.2 Å². The summed E-state index contributed by atoms with van der Waals surface area (Å²) in [5.74, 6) is 0.110. The van der Waals surface area contributed by atoms with Gasteiger partial charge in [-0.05, 0) is 72.5 Å². The summed E-state index contributed by atoms with van der Waals surface area (Å²) in [6, 6.07) is 18.9. The number of allylic oxidation sites excluding steroid dienone is 2. The molecule has 0 fully saturated rings. The molecule has 1 N–H and O–H groups in total. The Labute approximate surface area is 281 Å². The summed E-state index contributed by atoms with van der Waals surface area (Å²) in [5.41, 5.74) is 0.609. The number of aryl methyl sites for hydroxylation is 1. The number of halogens is 4. The molecule has 1 radical (unpaired) electrons. The van der Waals surface area contributed by atoms with E-state index in [-0.39, 0.29) is 60.1 Å². The maximum absolute atomic E-state index is 14.9. The molecule has 0 spiro atoms. The molecule has 1 aromatic heterocycles. The molecule has 0 atom stereocenters. The molecule has 46 heavy (non-hydrogen) atoms. The van der Waals surface area contributed by atoms with Gasteiger partial charge in [-0.15, -0.1) is 23.6 Å². The second-order valence-electron chi connectivity index (χ2n) is 11.3. The predicted molar refractivity (Wildman–Crippen MR) is 175 cm³/mol. The summed E-state index contributed by atoms with van der Waals surface area (Å²) in [4.78, 5) is 16.0. The second kappa shape index (κ2) is 15.8. The summed E-state index contributed by atoms with van der Waals surface area (Å²) in [7, 11) is 0. The van der Waals surface area contributed by atoms with Crippen LogP contribution in [-0.4, -0.2) is 15.9 Å². The van der Waals surface area contributed by atoms with E-state index in [1.807, 2.05) is 46.8 Å². The fourth-order valence-electron chi connectivity index (χ4n) is 5.74. The van der Waals surface area contributed by atoms with Crippen molar-refractivity contribution in [1.82, 2.24) is 4.98 Å². The van der Waals surface area contributed by atoms with E-state index >= 15 is 0 Å². The molecule has 245 valence electrons. The van der Waals surface area contributed by atoms with Gasteiger partial charge in [-0.1, -0.05) is 74.5 Å². The molecule has 0 aliphatic heterocycles. The molecule has 0 aliphatic rings. The van der Waals surface area contributed by atoms with E-state index in [2.05, 4.69) is 11.1 Å². The second-order valence-corrected chi connectivity index (χ2v) is 11.3. The first-order valence-corrected chi connectivity index (χ1v) is 15.4. The van der Waals surface area contributed by atoms with Crippen LogP contribution < -0.4 is 0 Å². The summed E-state index contributed by atoms with van der Waals surface area (Å²) < 4.78 is 56.1. The first-order chi connectivity index (χ1) is 21.4. The molecule has 0 bridgehead atoms. The summed E-state index contributed by atoms with van der Waals surface area (Å²) >= 11 is 0. The summed E-state index contributed by atoms with van der Waals surface area (Å²) in [5, 5.41) is 12.5. The smallest absolute Gasteiger partial charge is 0.403 e. The number of aliphatic hydroxyl groups is 1. The minimum atomic E-state index is -4.54. The van der Waals surface area contributed by atoms with Crippen molar-refractivity contribution >= 4 is 38.1 Å². The zero-order valence-electron chi connectivity index (χ0n) is 26.6. The van der Waals surface area contributed by atoms with Crippen LogP contribution in [-0.2, 0) is 31.1 Å². The van der Waals surface area contributed by atoms with Gasteiger partial charge in [-0.3, -0.25) is 9.78 Å². The van der Waals surface area contributed by atoms with Gasteiger partial charge in [-0.2, -0.15) is 13.2 Å². The number of hydrogen-bond acceptors (Lipinski definition) is 3. The third-order valence-electron chi connectivity index (χ3n) is 8.40. The average Bonchev–Trinajstić information content (AvgIpc) is 3.01. The van der Waals surface area contributed by atoms with Gasteiger partial charge in [0, 0.05) is 55.3 Å². The Hall–Kier alpha value is -3.61. The number of fused-ring (bicyclic) bond motifs is 4. The largest absolute Gasteiger partial charge is 0.512 e. The molecule has 0 amide bonds. The monoisotopic (exact) mass is 809 g/mol. The standard InChI is InChI=1S/C25H14F4N.C13H24O2.Ir/c1-14-6-7-18-19-8-9-30-24(21(19)13-23(26)20(18)10-14)16-11-15-4-2-3-5-17(15)22(12-16)25(27,28)29;1-5-10(6-2)12(14)9-13(15)11(7-3)8-4;/h2-10,12-13H,1H3;9-11,14H,5-8H2,1-4H3;/q-1;;/b;12-9-;. The van der Waals surface area contributed by atoms with Crippen molar-refractivity contribution in [2.75, 3.05) is 0 Å².